The molecule has 1 N–H and O–H groups in total. The number of non-ortho nitro benzene ring substituents is 1. The summed E-state index contributed by atoms with van der Waals surface area (Å²) in [6.45, 7) is 0.494. The van der Waals surface area contributed by atoms with Crippen LogP contribution in [0.2, 0.25) is 0 Å². The fourth-order valence-corrected chi connectivity index (χ4v) is 2.33. The highest BCUT2D eigenvalue weighted by atomic mass is 35.5. The fourth-order valence-electron chi connectivity index (χ4n) is 1.99. The van der Waals surface area contributed by atoms with Crippen LogP contribution >= 0.6 is 11.6 Å². The van der Waals surface area contributed by atoms with Crippen molar-refractivity contribution >= 4 is 23.0 Å². The molecule has 6 heteroatoms. The third kappa shape index (κ3) is 3.86. The first-order valence-corrected chi connectivity index (χ1v) is 6.79. The van der Waals surface area contributed by atoms with Gasteiger partial charge in [0.25, 0.3) is 5.69 Å². The molecule has 0 aliphatic rings. The molecule has 0 heterocycles. The molecular weight excluding hydrogens is 292 g/mol. The van der Waals surface area contributed by atoms with E-state index in [4.69, 9.17) is 11.6 Å². The van der Waals surface area contributed by atoms with Gasteiger partial charge in [-0.05, 0) is 29.8 Å². The molecule has 1 unspecified atom stereocenters. The molecular formula is C15H15ClN2O3. The maximum atomic E-state index is 10.8. The van der Waals surface area contributed by atoms with Gasteiger partial charge in [0.05, 0.1) is 10.3 Å². The second-order valence-corrected chi connectivity index (χ2v) is 5.24. The first-order chi connectivity index (χ1) is 9.97. The fraction of sp³-hybridized carbons (Fsp3) is 0.200. The quantitative estimate of drug-likeness (QED) is 0.519. The van der Waals surface area contributed by atoms with Crippen LogP contribution in [0.3, 0.4) is 0 Å². The maximum Gasteiger partial charge on any atom is 0.269 e. The third-order valence-corrected chi connectivity index (χ3v) is 3.56. The topological polar surface area (TPSA) is 66.6 Å². The van der Waals surface area contributed by atoms with E-state index in [-0.39, 0.29) is 16.8 Å². The summed E-state index contributed by atoms with van der Waals surface area (Å²) in [6.07, 6.45) is 0. The number of nitrogens with zero attached hydrogens (tertiary/aromatic N) is 2. The van der Waals surface area contributed by atoms with Crippen molar-refractivity contribution in [1.82, 2.24) is 0 Å². The number of phenols is 1. The Bertz CT molecular complexity index is 631. The number of benzene rings is 2. The van der Waals surface area contributed by atoms with Gasteiger partial charge in [0.2, 0.25) is 0 Å². The summed E-state index contributed by atoms with van der Waals surface area (Å²) >= 11 is 6.35. The van der Waals surface area contributed by atoms with Gasteiger partial charge in [-0.3, -0.25) is 10.1 Å². The summed E-state index contributed by atoms with van der Waals surface area (Å²) in [5, 5.41) is 19.7. The summed E-state index contributed by atoms with van der Waals surface area (Å²) in [5.41, 5.74) is 1.64. The second-order valence-electron chi connectivity index (χ2n) is 4.72. The molecule has 1 atom stereocenters. The number of nitro benzene ring substituents is 1. The number of likely N-dealkylation sites (N-methyl/N-ethyl adjacent to an activating group) is 1. The van der Waals surface area contributed by atoms with Crippen molar-refractivity contribution in [2.75, 3.05) is 18.5 Å². The van der Waals surface area contributed by atoms with Crippen LogP contribution in [0.1, 0.15) is 10.9 Å². The SMILES string of the molecule is CN(CC(Cl)c1cccc([N+](=O)[O-])c1)c1ccc(O)cc1. The van der Waals surface area contributed by atoms with Crippen molar-refractivity contribution in [3.05, 3.63) is 64.2 Å². The highest BCUT2D eigenvalue weighted by Crippen LogP contribution is 2.27. The molecule has 0 spiro atoms. The van der Waals surface area contributed by atoms with Gasteiger partial charge in [-0.15, -0.1) is 11.6 Å². The van der Waals surface area contributed by atoms with Gasteiger partial charge < -0.3 is 10.0 Å². The normalized spacial score (nSPS) is 11.9. The molecule has 5 nitrogen and oxygen atoms in total. The van der Waals surface area contributed by atoms with Crippen LogP contribution in [-0.2, 0) is 0 Å². The molecule has 0 fully saturated rings. The summed E-state index contributed by atoms with van der Waals surface area (Å²) in [6, 6.07) is 13.1. The molecule has 0 bridgehead atoms. The Kier molecular flexibility index (Phi) is 4.65. The van der Waals surface area contributed by atoms with Gasteiger partial charge in [0, 0.05) is 31.4 Å². The number of aromatic hydroxyl groups is 1. The van der Waals surface area contributed by atoms with E-state index in [1.54, 1.807) is 36.4 Å². The molecule has 0 aromatic heterocycles. The van der Waals surface area contributed by atoms with Gasteiger partial charge in [-0.25, -0.2) is 0 Å². The van der Waals surface area contributed by atoms with Gasteiger partial charge in [0.1, 0.15) is 5.75 Å². The highest BCUT2D eigenvalue weighted by molar-refractivity contribution is 6.21. The van der Waals surface area contributed by atoms with Crippen molar-refractivity contribution < 1.29 is 10.0 Å². The molecule has 21 heavy (non-hydrogen) atoms. The Balaban J connectivity index is 2.10. The predicted molar refractivity (Wildman–Crippen MR) is 83.1 cm³/mol. The Labute approximate surface area is 127 Å². The molecule has 2 rings (SSSR count). The van der Waals surface area contributed by atoms with Crippen LogP contribution in [0.25, 0.3) is 0 Å². The summed E-state index contributed by atoms with van der Waals surface area (Å²) in [7, 11) is 1.87. The van der Waals surface area contributed by atoms with Crippen molar-refractivity contribution in [2.45, 2.75) is 5.38 Å². The first kappa shape index (κ1) is 15.1. The Morgan fingerprint density at radius 1 is 1.29 bits per heavy atom. The zero-order valence-corrected chi connectivity index (χ0v) is 12.2. The Hall–Kier alpha value is -2.27. The van der Waals surface area contributed by atoms with E-state index in [1.165, 1.54) is 12.1 Å². The average molecular weight is 307 g/mol. The molecule has 0 aliphatic heterocycles. The van der Waals surface area contributed by atoms with Crippen molar-refractivity contribution in [3.8, 4) is 5.75 Å². The number of hydrogen-bond acceptors (Lipinski definition) is 4. The Morgan fingerprint density at radius 3 is 2.57 bits per heavy atom. The predicted octanol–water partition coefficient (Wildman–Crippen LogP) is 3.72. The van der Waals surface area contributed by atoms with Crippen molar-refractivity contribution in [3.63, 3.8) is 0 Å². The molecule has 0 saturated heterocycles. The number of hydrogen-bond donors (Lipinski definition) is 1. The van der Waals surface area contributed by atoms with E-state index in [1.807, 2.05) is 11.9 Å². The third-order valence-electron chi connectivity index (χ3n) is 3.17. The minimum atomic E-state index is -0.434. The highest BCUT2D eigenvalue weighted by Gasteiger charge is 2.15. The van der Waals surface area contributed by atoms with E-state index in [0.717, 1.165) is 5.69 Å². The van der Waals surface area contributed by atoms with E-state index in [0.29, 0.717) is 12.1 Å². The van der Waals surface area contributed by atoms with Gasteiger partial charge in [-0.1, -0.05) is 12.1 Å². The maximum absolute atomic E-state index is 10.8. The lowest BCUT2D eigenvalue weighted by Crippen LogP contribution is -2.21. The lowest BCUT2D eigenvalue weighted by Gasteiger charge is -2.22. The van der Waals surface area contributed by atoms with Crippen LogP contribution in [0.15, 0.2) is 48.5 Å². The number of nitro groups is 1. The standard InChI is InChI=1S/C15H15ClN2O3/c1-17(12-5-7-14(19)8-6-12)10-15(16)11-3-2-4-13(9-11)18(20)21/h2-9,15,19H,10H2,1H3. The minimum Gasteiger partial charge on any atom is -0.508 e. The van der Waals surface area contributed by atoms with Crippen LogP contribution in [0, 0.1) is 10.1 Å². The van der Waals surface area contributed by atoms with Crippen LogP contribution in [-0.4, -0.2) is 23.6 Å². The first-order valence-electron chi connectivity index (χ1n) is 6.36. The number of anilines is 1. The number of phenolic OH excluding ortho intramolecular Hbond substituents is 1. The smallest absolute Gasteiger partial charge is 0.269 e. The molecule has 0 saturated carbocycles. The summed E-state index contributed by atoms with van der Waals surface area (Å²) < 4.78 is 0. The number of rotatable bonds is 5. The monoisotopic (exact) mass is 306 g/mol. The van der Waals surface area contributed by atoms with E-state index >= 15 is 0 Å². The Morgan fingerprint density at radius 2 is 1.95 bits per heavy atom. The minimum absolute atomic E-state index is 0.0328. The van der Waals surface area contributed by atoms with Crippen LogP contribution in [0.5, 0.6) is 5.75 Å². The molecule has 2 aromatic rings. The lowest BCUT2D eigenvalue weighted by molar-refractivity contribution is -0.384. The summed E-state index contributed by atoms with van der Waals surface area (Å²) in [5.74, 6) is 0.202. The number of halogens is 1. The number of alkyl halides is 1. The van der Waals surface area contributed by atoms with E-state index in [2.05, 4.69) is 0 Å². The van der Waals surface area contributed by atoms with Crippen LogP contribution in [0.4, 0.5) is 11.4 Å². The van der Waals surface area contributed by atoms with E-state index < -0.39 is 4.92 Å². The van der Waals surface area contributed by atoms with Gasteiger partial charge in [0.15, 0.2) is 0 Å². The molecule has 2 aromatic carbocycles. The zero-order valence-electron chi connectivity index (χ0n) is 11.4. The lowest BCUT2D eigenvalue weighted by atomic mass is 10.1. The van der Waals surface area contributed by atoms with Crippen LogP contribution < -0.4 is 4.90 Å². The van der Waals surface area contributed by atoms with Crippen molar-refractivity contribution in [1.29, 1.82) is 0 Å². The average Bonchev–Trinajstić information content (AvgIpc) is 2.48. The van der Waals surface area contributed by atoms with E-state index in [9.17, 15) is 15.2 Å². The van der Waals surface area contributed by atoms with Gasteiger partial charge in [-0.2, -0.15) is 0 Å². The zero-order chi connectivity index (χ0) is 15.4. The second kappa shape index (κ2) is 6.45. The van der Waals surface area contributed by atoms with Gasteiger partial charge >= 0.3 is 0 Å². The van der Waals surface area contributed by atoms with Crippen molar-refractivity contribution in [2.24, 2.45) is 0 Å². The summed E-state index contributed by atoms with van der Waals surface area (Å²) in [4.78, 5) is 12.3. The molecule has 110 valence electrons. The molecule has 0 aliphatic carbocycles. The molecule has 0 amide bonds. The molecule has 0 radical (unpaired) electrons. The largest absolute Gasteiger partial charge is 0.508 e.